The lowest BCUT2D eigenvalue weighted by Crippen LogP contribution is -2.48. The third-order valence-electron chi connectivity index (χ3n) is 2.50. The van der Waals surface area contributed by atoms with E-state index in [-0.39, 0.29) is 0 Å². The second kappa shape index (κ2) is 4.80. The highest BCUT2D eigenvalue weighted by Crippen LogP contribution is 2.06. The third kappa shape index (κ3) is 2.73. The largest absolute Gasteiger partial charge is 0.379 e. The molecule has 72 valence electrons. The number of nitrogens with zero attached hydrogens (tertiary/aromatic N) is 1. The molecule has 1 aliphatic rings. The summed E-state index contributed by atoms with van der Waals surface area (Å²) in [5.41, 5.74) is 5.88. The zero-order valence-corrected chi connectivity index (χ0v) is 8.12. The standard InChI is InChI=1S/C9H20N2O/c1-3-9(10)6-11-4-5-12-7-8(11)2/h8-9H,3-7,10H2,1-2H3/t8?,9-/m0/s1. The van der Waals surface area contributed by atoms with Gasteiger partial charge in [0.05, 0.1) is 13.2 Å². The Hall–Kier alpha value is -0.120. The van der Waals surface area contributed by atoms with E-state index in [4.69, 9.17) is 10.5 Å². The zero-order valence-electron chi connectivity index (χ0n) is 8.12. The van der Waals surface area contributed by atoms with Gasteiger partial charge in [0, 0.05) is 25.2 Å². The summed E-state index contributed by atoms with van der Waals surface area (Å²) in [5.74, 6) is 0. The van der Waals surface area contributed by atoms with Crippen LogP contribution in [-0.4, -0.2) is 43.3 Å². The van der Waals surface area contributed by atoms with Crippen LogP contribution in [0.15, 0.2) is 0 Å². The minimum absolute atomic E-state index is 0.325. The molecule has 0 aliphatic carbocycles. The normalized spacial score (nSPS) is 28.8. The predicted molar refractivity (Wildman–Crippen MR) is 50.1 cm³/mol. The maximum absolute atomic E-state index is 5.88. The first kappa shape index (κ1) is 9.96. The second-order valence-electron chi connectivity index (χ2n) is 3.59. The molecule has 1 fully saturated rings. The molecular weight excluding hydrogens is 152 g/mol. The average molecular weight is 172 g/mol. The highest BCUT2D eigenvalue weighted by molar-refractivity contribution is 4.74. The maximum Gasteiger partial charge on any atom is 0.0619 e. The number of ether oxygens (including phenoxy) is 1. The fourth-order valence-corrected chi connectivity index (χ4v) is 1.46. The lowest BCUT2D eigenvalue weighted by molar-refractivity contribution is -0.00282. The van der Waals surface area contributed by atoms with E-state index in [9.17, 15) is 0 Å². The molecule has 0 spiro atoms. The lowest BCUT2D eigenvalue weighted by Gasteiger charge is -2.34. The Balaban J connectivity index is 2.28. The molecule has 1 heterocycles. The van der Waals surface area contributed by atoms with Gasteiger partial charge < -0.3 is 10.5 Å². The molecule has 0 aromatic carbocycles. The van der Waals surface area contributed by atoms with Gasteiger partial charge in [0.15, 0.2) is 0 Å². The quantitative estimate of drug-likeness (QED) is 0.671. The molecule has 0 radical (unpaired) electrons. The fourth-order valence-electron chi connectivity index (χ4n) is 1.46. The minimum Gasteiger partial charge on any atom is -0.379 e. The number of nitrogens with two attached hydrogens (primary N) is 1. The van der Waals surface area contributed by atoms with Crippen molar-refractivity contribution in [1.29, 1.82) is 0 Å². The summed E-state index contributed by atoms with van der Waals surface area (Å²) < 4.78 is 5.34. The minimum atomic E-state index is 0.325. The Morgan fingerprint density at radius 1 is 1.67 bits per heavy atom. The second-order valence-corrected chi connectivity index (χ2v) is 3.59. The summed E-state index contributed by atoms with van der Waals surface area (Å²) in [6.45, 7) is 8.10. The molecule has 0 aromatic rings. The van der Waals surface area contributed by atoms with Crippen LogP contribution in [0.3, 0.4) is 0 Å². The number of morpholine rings is 1. The Bertz CT molecular complexity index is 130. The van der Waals surface area contributed by atoms with Gasteiger partial charge in [0.2, 0.25) is 0 Å². The monoisotopic (exact) mass is 172 g/mol. The van der Waals surface area contributed by atoms with E-state index in [2.05, 4.69) is 18.7 Å². The smallest absolute Gasteiger partial charge is 0.0619 e. The van der Waals surface area contributed by atoms with Crippen LogP contribution in [0.2, 0.25) is 0 Å². The lowest BCUT2D eigenvalue weighted by atomic mass is 10.2. The van der Waals surface area contributed by atoms with Crippen LogP contribution in [0.1, 0.15) is 20.3 Å². The molecule has 1 unspecified atom stereocenters. The van der Waals surface area contributed by atoms with E-state index < -0.39 is 0 Å². The Morgan fingerprint density at radius 2 is 2.42 bits per heavy atom. The van der Waals surface area contributed by atoms with Crippen LogP contribution in [-0.2, 0) is 4.74 Å². The number of hydrogen-bond donors (Lipinski definition) is 1. The van der Waals surface area contributed by atoms with Crippen molar-refractivity contribution in [2.45, 2.75) is 32.4 Å². The van der Waals surface area contributed by atoms with Gasteiger partial charge in [-0.05, 0) is 13.3 Å². The van der Waals surface area contributed by atoms with Crippen molar-refractivity contribution >= 4 is 0 Å². The van der Waals surface area contributed by atoms with Crippen molar-refractivity contribution in [2.75, 3.05) is 26.3 Å². The van der Waals surface area contributed by atoms with Crippen LogP contribution in [0, 0.1) is 0 Å². The van der Waals surface area contributed by atoms with Crippen molar-refractivity contribution in [2.24, 2.45) is 5.73 Å². The molecule has 0 saturated carbocycles. The molecule has 3 heteroatoms. The van der Waals surface area contributed by atoms with Crippen LogP contribution in [0.4, 0.5) is 0 Å². The van der Waals surface area contributed by atoms with Crippen LogP contribution in [0.25, 0.3) is 0 Å². The third-order valence-corrected chi connectivity index (χ3v) is 2.50. The van der Waals surface area contributed by atoms with Crippen LogP contribution >= 0.6 is 0 Å². The molecular formula is C9H20N2O. The Kier molecular flexibility index (Phi) is 3.98. The SMILES string of the molecule is CC[C@H](N)CN1CCOCC1C. The van der Waals surface area contributed by atoms with Gasteiger partial charge in [-0.3, -0.25) is 4.90 Å². The highest BCUT2D eigenvalue weighted by atomic mass is 16.5. The topological polar surface area (TPSA) is 38.5 Å². The average Bonchev–Trinajstić information content (AvgIpc) is 2.09. The molecule has 0 bridgehead atoms. The molecule has 2 N–H and O–H groups in total. The Morgan fingerprint density at radius 3 is 3.00 bits per heavy atom. The van der Waals surface area contributed by atoms with Gasteiger partial charge >= 0.3 is 0 Å². The summed E-state index contributed by atoms with van der Waals surface area (Å²) >= 11 is 0. The van der Waals surface area contributed by atoms with E-state index in [0.29, 0.717) is 12.1 Å². The van der Waals surface area contributed by atoms with Gasteiger partial charge in [-0.2, -0.15) is 0 Å². The predicted octanol–water partition coefficient (Wildman–Crippen LogP) is 0.444. The van der Waals surface area contributed by atoms with Crippen molar-refractivity contribution < 1.29 is 4.74 Å². The number of hydrogen-bond acceptors (Lipinski definition) is 3. The maximum atomic E-state index is 5.88. The summed E-state index contributed by atoms with van der Waals surface area (Å²) in [6, 6.07) is 0.863. The first-order valence-electron chi connectivity index (χ1n) is 4.81. The molecule has 1 saturated heterocycles. The van der Waals surface area contributed by atoms with E-state index >= 15 is 0 Å². The van der Waals surface area contributed by atoms with E-state index in [1.165, 1.54) is 0 Å². The molecule has 0 amide bonds. The van der Waals surface area contributed by atoms with E-state index in [0.717, 1.165) is 32.7 Å². The van der Waals surface area contributed by atoms with Crippen molar-refractivity contribution in [3.63, 3.8) is 0 Å². The first-order chi connectivity index (χ1) is 5.74. The van der Waals surface area contributed by atoms with Crippen LogP contribution in [0.5, 0.6) is 0 Å². The van der Waals surface area contributed by atoms with Gasteiger partial charge in [0.1, 0.15) is 0 Å². The molecule has 1 aliphatic heterocycles. The van der Waals surface area contributed by atoms with Gasteiger partial charge in [-0.25, -0.2) is 0 Å². The molecule has 12 heavy (non-hydrogen) atoms. The summed E-state index contributed by atoms with van der Waals surface area (Å²) in [4.78, 5) is 2.41. The number of rotatable bonds is 3. The van der Waals surface area contributed by atoms with Crippen LogP contribution < -0.4 is 5.73 Å². The molecule has 0 aromatic heterocycles. The van der Waals surface area contributed by atoms with Gasteiger partial charge in [-0.1, -0.05) is 6.92 Å². The van der Waals surface area contributed by atoms with Crippen molar-refractivity contribution in [1.82, 2.24) is 4.90 Å². The molecule has 3 nitrogen and oxygen atoms in total. The molecule has 1 rings (SSSR count). The van der Waals surface area contributed by atoms with E-state index in [1.54, 1.807) is 0 Å². The highest BCUT2D eigenvalue weighted by Gasteiger charge is 2.19. The van der Waals surface area contributed by atoms with Gasteiger partial charge in [-0.15, -0.1) is 0 Å². The molecule has 2 atom stereocenters. The zero-order chi connectivity index (χ0) is 8.97. The summed E-state index contributed by atoms with van der Waals surface area (Å²) in [5, 5.41) is 0. The summed E-state index contributed by atoms with van der Waals surface area (Å²) in [6.07, 6.45) is 1.06. The van der Waals surface area contributed by atoms with E-state index in [1.807, 2.05) is 0 Å². The Labute approximate surface area is 74.9 Å². The fraction of sp³-hybridized carbons (Fsp3) is 1.00. The van der Waals surface area contributed by atoms with Crippen molar-refractivity contribution in [3.05, 3.63) is 0 Å². The summed E-state index contributed by atoms with van der Waals surface area (Å²) in [7, 11) is 0. The first-order valence-corrected chi connectivity index (χ1v) is 4.81. The van der Waals surface area contributed by atoms with Gasteiger partial charge in [0.25, 0.3) is 0 Å². The van der Waals surface area contributed by atoms with Crippen molar-refractivity contribution in [3.8, 4) is 0 Å².